The van der Waals surface area contributed by atoms with Gasteiger partial charge in [0.05, 0.1) is 6.04 Å². The Morgan fingerprint density at radius 3 is 2.19 bits per heavy atom. The van der Waals surface area contributed by atoms with Crippen molar-refractivity contribution >= 4 is 29.4 Å². The molecule has 4 amide bonds. The summed E-state index contributed by atoms with van der Waals surface area (Å²) in [5.41, 5.74) is 4.92. The van der Waals surface area contributed by atoms with Crippen molar-refractivity contribution in [1.29, 1.82) is 0 Å². The van der Waals surface area contributed by atoms with Crippen molar-refractivity contribution in [3.63, 3.8) is 0 Å². The third-order valence-corrected chi connectivity index (χ3v) is 5.37. The van der Waals surface area contributed by atoms with E-state index in [1.807, 2.05) is 0 Å². The van der Waals surface area contributed by atoms with E-state index in [9.17, 15) is 41.5 Å². The minimum absolute atomic E-state index is 0.0314. The molecule has 1 saturated heterocycles. The van der Waals surface area contributed by atoms with Crippen LogP contribution in [0.15, 0.2) is 6.07 Å². The normalized spacial score (nSPS) is 16.8. The molecule has 1 fully saturated rings. The second-order valence-corrected chi connectivity index (χ2v) is 8.65. The molecule has 0 unspecified atom stereocenters. The highest BCUT2D eigenvalue weighted by Crippen LogP contribution is 2.26. The van der Waals surface area contributed by atoms with Crippen molar-refractivity contribution < 1.29 is 46.3 Å². The van der Waals surface area contributed by atoms with Crippen LogP contribution in [0.4, 0.5) is 17.6 Å². The fraction of sp³-hybridized carbons (Fsp3) is 0.500. The van der Waals surface area contributed by atoms with E-state index in [1.54, 1.807) is 13.8 Å². The minimum atomic E-state index is -1.86. The van der Waals surface area contributed by atoms with Gasteiger partial charge >= 0.3 is 11.8 Å². The van der Waals surface area contributed by atoms with Crippen molar-refractivity contribution in [2.45, 2.75) is 45.2 Å². The number of ketones is 1. The largest absolute Gasteiger partial charge is 0.479 e. The van der Waals surface area contributed by atoms with E-state index in [4.69, 9.17) is 10.5 Å². The number of halogens is 4. The fourth-order valence-corrected chi connectivity index (χ4v) is 3.55. The molecule has 0 radical (unpaired) electrons. The lowest BCUT2D eigenvalue weighted by molar-refractivity contribution is -0.139. The summed E-state index contributed by atoms with van der Waals surface area (Å²) >= 11 is 0. The molecule has 198 valence electrons. The lowest BCUT2D eigenvalue weighted by Gasteiger charge is -2.25. The van der Waals surface area contributed by atoms with Gasteiger partial charge in [0.15, 0.2) is 23.2 Å². The molecule has 10 nitrogen and oxygen atoms in total. The number of hydrogen-bond acceptors (Lipinski definition) is 6. The van der Waals surface area contributed by atoms with Crippen molar-refractivity contribution in [2.75, 3.05) is 13.2 Å². The van der Waals surface area contributed by atoms with Crippen molar-refractivity contribution in [1.82, 2.24) is 16.0 Å². The third-order valence-electron chi connectivity index (χ3n) is 5.37. The zero-order valence-electron chi connectivity index (χ0n) is 19.5. The molecule has 0 bridgehead atoms. The molecule has 36 heavy (non-hydrogen) atoms. The number of benzene rings is 1. The van der Waals surface area contributed by atoms with Gasteiger partial charge < -0.3 is 26.4 Å². The first-order chi connectivity index (χ1) is 16.8. The summed E-state index contributed by atoms with van der Waals surface area (Å²) in [6.07, 6.45) is 0.136. The van der Waals surface area contributed by atoms with Crippen LogP contribution in [0.2, 0.25) is 0 Å². The maximum Gasteiger partial charge on any atom is 0.309 e. The van der Waals surface area contributed by atoms with E-state index < -0.39 is 83.0 Å². The van der Waals surface area contributed by atoms with Gasteiger partial charge in [-0.15, -0.1) is 0 Å². The number of hydrogen-bond donors (Lipinski definition) is 4. The second-order valence-electron chi connectivity index (χ2n) is 8.65. The van der Waals surface area contributed by atoms with Gasteiger partial charge in [0.1, 0.15) is 12.6 Å². The molecule has 1 aromatic carbocycles. The zero-order valence-corrected chi connectivity index (χ0v) is 19.5. The molecule has 3 atom stereocenters. The highest BCUT2D eigenvalue weighted by molar-refractivity contribution is 6.34. The van der Waals surface area contributed by atoms with Crippen molar-refractivity contribution in [3.8, 4) is 5.75 Å². The number of amides is 4. The molecule has 5 N–H and O–H groups in total. The van der Waals surface area contributed by atoms with Crippen LogP contribution in [0.3, 0.4) is 0 Å². The molecule has 0 saturated carbocycles. The number of nitrogens with one attached hydrogen (secondary N) is 3. The number of carbonyl (C=O) groups excluding carboxylic acids is 5. The molecule has 2 rings (SSSR count). The molecular weight excluding hydrogens is 492 g/mol. The Kier molecular flexibility index (Phi) is 9.76. The van der Waals surface area contributed by atoms with E-state index in [1.165, 1.54) is 0 Å². The van der Waals surface area contributed by atoms with Crippen LogP contribution >= 0.6 is 0 Å². The molecule has 0 aromatic heterocycles. The Morgan fingerprint density at radius 1 is 1.08 bits per heavy atom. The Labute approximate surface area is 203 Å². The van der Waals surface area contributed by atoms with Gasteiger partial charge in [0.25, 0.3) is 0 Å². The van der Waals surface area contributed by atoms with Gasteiger partial charge in [-0.1, -0.05) is 13.8 Å². The van der Waals surface area contributed by atoms with Gasteiger partial charge in [-0.25, -0.2) is 8.78 Å². The van der Waals surface area contributed by atoms with Gasteiger partial charge in [0, 0.05) is 18.5 Å². The van der Waals surface area contributed by atoms with Gasteiger partial charge in [-0.05, 0) is 25.2 Å². The highest BCUT2D eigenvalue weighted by Gasteiger charge is 2.34. The summed E-state index contributed by atoms with van der Waals surface area (Å²) in [6.45, 7) is 2.64. The summed E-state index contributed by atoms with van der Waals surface area (Å²) in [4.78, 5) is 60.6. The van der Waals surface area contributed by atoms with Crippen LogP contribution in [0.1, 0.15) is 33.1 Å². The van der Waals surface area contributed by atoms with Crippen LogP contribution in [0.25, 0.3) is 0 Å². The number of primary amides is 1. The minimum Gasteiger partial charge on any atom is -0.479 e. The predicted octanol–water partition coefficient (Wildman–Crippen LogP) is 0.218. The van der Waals surface area contributed by atoms with Crippen molar-refractivity contribution in [2.24, 2.45) is 17.6 Å². The smallest absolute Gasteiger partial charge is 0.309 e. The lowest BCUT2D eigenvalue weighted by Crippen LogP contribution is -2.54. The van der Waals surface area contributed by atoms with Crippen LogP contribution < -0.4 is 26.4 Å². The summed E-state index contributed by atoms with van der Waals surface area (Å²) in [5, 5.41) is 7.06. The van der Waals surface area contributed by atoms with Crippen LogP contribution in [-0.4, -0.2) is 54.6 Å². The van der Waals surface area contributed by atoms with E-state index in [0.29, 0.717) is 13.0 Å². The summed E-state index contributed by atoms with van der Waals surface area (Å²) in [6, 6.07) is -2.77. The number of carbonyl (C=O) groups is 5. The summed E-state index contributed by atoms with van der Waals surface area (Å²) < 4.78 is 59.3. The first-order valence-electron chi connectivity index (χ1n) is 11.0. The molecule has 14 heteroatoms. The highest BCUT2D eigenvalue weighted by atomic mass is 19.2. The van der Waals surface area contributed by atoms with E-state index in [-0.39, 0.29) is 24.8 Å². The molecular formula is C22H26F4N4O6. The molecule has 0 aliphatic carbocycles. The number of nitrogens with two attached hydrogens (primary N) is 1. The average Bonchev–Trinajstić information content (AvgIpc) is 3.20. The van der Waals surface area contributed by atoms with Gasteiger partial charge in [-0.2, -0.15) is 8.78 Å². The zero-order chi connectivity index (χ0) is 27.2. The molecule has 1 aliphatic rings. The predicted molar refractivity (Wildman–Crippen MR) is 115 cm³/mol. The second kappa shape index (κ2) is 12.3. The van der Waals surface area contributed by atoms with Crippen LogP contribution in [0, 0.1) is 35.1 Å². The Morgan fingerprint density at radius 2 is 1.69 bits per heavy atom. The quantitative estimate of drug-likeness (QED) is 0.187. The number of rotatable bonds is 11. The summed E-state index contributed by atoms with van der Waals surface area (Å²) in [7, 11) is 0. The fourth-order valence-electron chi connectivity index (χ4n) is 3.55. The third kappa shape index (κ3) is 7.39. The first-order valence-corrected chi connectivity index (χ1v) is 11.0. The first kappa shape index (κ1) is 28.5. The van der Waals surface area contributed by atoms with Crippen LogP contribution in [-0.2, 0) is 24.0 Å². The number of Topliss-reactive ketones (excluding diaryl/α,β-unsaturated/α-hetero) is 1. The number of ether oxygens (including phenoxy) is 1. The molecule has 1 aromatic rings. The van der Waals surface area contributed by atoms with Crippen LogP contribution in [0.5, 0.6) is 5.75 Å². The Balaban J connectivity index is 2.23. The SMILES string of the molecule is CC(C)C[C@H](NC(=O)C(N)=O)C(=O)N[C@@H](C[C@@H]1CCNC1=O)C(=O)COc1c(F)c(F)cc(F)c1F. The monoisotopic (exact) mass is 518 g/mol. The topological polar surface area (TPSA) is 157 Å². The van der Waals surface area contributed by atoms with Gasteiger partial charge in [0.2, 0.25) is 23.4 Å². The Bertz CT molecular complexity index is 1030. The average molecular weight is 518 g/mol. The lowest BCUT2D eigenvalue weighted by atomic mass is 9.95. The molecule has 1 aliphatic heterocycles. The van der Waals surface area contributed by atoms with Gasteiger partial charge in [-0.3, -0.25) is 24.0 Å². The standard InChI is InChI=1S/C22H26F4N4O6/c1-9(2)5-14(30-22(35)19(27)32)21(34)29-13(6-10-3-4-28-20(10)33)15(31)8-36-18-16(25)11(23)7-12(24)17(18)26/h7,9-10,13-14H,3-6,8H2,1-2H3,(H2,27,32)(H,28,33)(H,29,34)(H,30,35)/t10-,13-,14-/m0/s1. The van der Waals surface area contributed by atoms with E-state index in [2.05, 4.69) is 16.0 Å². The van der Waals surface area contributed by atoms with E-state index in [0.717, 1.165) is 0 Å². The maximum atomic E-state index is 13.9. The molecule has 1 heterocycles. The van der Waals surface area contributed by atoms with Crippen molar-refractivity contribution in [3.05, 3.63) is 29.3 Å². The molecule has 0 spiro atoms. The van der Waals surface area contributed by atoms with E-state index >= 15 is 0 Å². The Hall–Kier alpha value is -3.71. The summed E-state index contributed by atoms with van der Waals surface area (Å²) in [5.74, 6) is -14.4. The maximum absolute atomic E-state index is 13.9.